The molecule has 0 atom stereocenters. The second-order valence-electron chi connectivity index (χ2n) is 4.58. The van der Waals surface area contributed by atoms with Gasteiger partial charge in [-0.1, -0.05) is 23.7 Å². The minimum absolute atomic E-state index is 0.183. The Balaban J connectivity index is 1.90. The summed E-state index contributed by atoms with van der Waals surface area (Å²) in [6.07, 6.45) is 1.68. The maximum atomic E-state index is 12.4. The number of aromatic nitrogens is 1. The quantitative estimate of drug-likeness (QED) is 0.765. The number of aromatic amines is 1. The number of methoxy groups -OCH3 is 1. The van der Waals surface area contributed by atoms with E-state index in [2.05, 4.69) is 10.3 Å². The third kappa shape index (κ3) is 2.71. The largest absolute Gasteiger partial charge is 0.497 e. The van der Waals surface area contributed by atoms with Crippen molar-refractivity contribution < 1.29 is 9.53 Å². The molecule has 2 N–H and O–H groups in total. The lowest BCUT2D eigenvalue weighted by Crippen LogP contribution is -2.11. The average molecular weight is 301 g/mol. The molecule has 0 aliphatic carbocycles. The minimum atomic E-state index is -0.183. The van der Waals surface area contributed by atoms with Crippen LogP contribution in [0.25, 0.3) is 10.9 Å². The zero-order valence-corrected chi connectivity index (χ0v) is 12.1. The summed E-state index contributed by atoms with van der Waals surface area (Å²) in [5, 5.41) is 4.32. The Hall–Kier alpha value is -2.46. The fourth-order valence-electron chi connectivity index (χ4n) is 2.19. The van der Waals surface area contributed by atoms with Crippen LogP contribution in [0.15, 0.2) is 48.7 Å². The normalized spacial score (nSPS) is 10.6. The molecule has 0 bridgehead atoms. The maximum Gasteiger partial charge on any atom is 0.257 e. The van der Waals surface area contributed by atoms with Gasteiger partial charge in [0.15, 0.2) is 0 Å². The lowest BCUT2D eigenvalue weighted by Gasteiger charge is -2.06. The number of rotatable bonds is 3. The number of fused-ring (bicyclic) bond motifs is 1. The van der Waals surface area contributed by atoms with Crippen molar-refractivity contribution in [3.05, 3.63) is 59.2 Å². The van der Waals surface area contributed by atoms with Crippen LogP contribution in [0.2, 0.25) is 5.02 Å². The molecule has 5 heteroatoms. The van der Waals surface area contributed by atoms with Crippen molar-refractivity contribution in [3.63, 3.8) is 0 Å². The molecule has 106 valence electrons. The number of anilines is 1. The molecule has 3 rings (SSSR count). The number of amides is 1. The Morgan fingerprint density at radius 2 is 2.10 bits per heavy atom. The van der Waals surface area contributed by atoms with Crippen molar-refractivity contribution in [2.24, 2.45) is 0 Å². The minimum Gasteiger partial charge on any atom is -0.497 e. The molecule has 0 aliphatic rings. The average Bonchev–Trinajstić information content (AvgIpc) is 2.90. The van der Waals surface area contributed by atoms with Gasteiger partial charge in [0.2, 0.25) is 0 Å². The molecule has 21 heavy (non-hydrogen) atoms. The molecule has 0 radical (unpaired) electrons. The van der Waals surface area contributed by atoms with E-state index in [1.165, 1.54) is 0 Å². The van der Waals surface area contributed by atoms with E-state index in [1.807, 2.05) is 24.3 Å². The maximum absolute atomic E-state index is 12.4. The van der Waals surface area contributed by atoms with Crippen LogP contribution in [0.1, 0.15) is 10.4 Å². The molecule has 0 unspecified atom stereocenters. The van der Waals surface area contributed by atoms with Crippen molar-refractivity contribution >= 4 is 34.1 Å². The van der Waals surface area contributed by atoms with E-state index in [1.54, 1.807) is 31.5 Å². The van der Waals surface area contributed by atoms with Gasteiger partial charge >= 0.3 is 0 Å². The first kappa shape index (κ1) is 13.5. The summed E-state index contributed by atoms with van der Waals surface area (Å²) in [4.78, 5) is 15.4. The molecule has 0 saturated carbocycles. The number of benzene rings is 2. The topological polar surface area (TPSA) is 54.1 Å². The number of hydrogen-bond acceptors (Lipinski definition) is 2. The fourth-order valence-corrected chi connectivity index (χ4v) is 2.36. The monoisotopic (exact) mass is 300 g/mol. The molecule has 3 aromatic rings. The fraction of sp³-hybridized carbons (Fsp3) is 0.0625. The number of carbonyl (C=O) groups is 1. The first-order valence-electron chi connectivity index (χ1n) is 6.39. The van der Waals surface area contributed by atoms with E-state index in [9.17, 15) is 4.79 Å². The molecular weight excluding hydrogens is 288 g/mol. The SMILES string of the molecule is COc1cccc(NC(=O)c2c[nH]c3cc(Cl)ccc23)c1. The van der Waals surface area contributed by atoms with E-state index in [0.717, 1.165) is 10.9 Å². The first-order valence-corrected chi connectivity index (χ1v) is 6.77. The van der Waals surface area contributed by atoms with E-state index in [0.29, 0.717) is 22.0 Å². The smallest absolute Gasteiger partial charge is 0.257 e. The van der Waals surface area contributed by atoms with E-state index in [4.69, 9.17) is 16.3 Å². The number of ether oxygens (including phenoxy) is 1. The van der Waals surface area contributed by atoms with Gasteiger partial charge in [-0.2, -0.15) is 0 Å². The molecule has 0 saturated heterocycles. The molecule has 1 aromatic heterocycles. The molecule has 1 amide bonds. The first-order chi connectivity index (χ1) is 10.2. The number of H-pyrrole nitrogens is 1. The number of nitrogens with one attached hydrogen (secondary N) is 2. The lowest BCUT2D eigenvalue weighted by atomic mass is 10.1. The van der Waals surface area contributed by atoms with E-state index in [-0.39, 0.29) is 5.91 Å². The van der Waals surface area contributed by atoms with Crippen molar-refractivity contribution in [3.8, 4) is 5.75 Å². The molecule has 0 fully saturated rings. The van der Waals surface area contributed by atoms with Crippen molar-refractivity contribution in [1.82, 2.24) is 4.98 Å². The molecular formula is C16H13ClN2O2. The van der Waals surface area contributed by atoms with Gasteiger partial charge in [0.25, 0.3) is 5.91 Å². The van der Waals surface area contributed by atoms with Gasteiger partial charge in [-0.25, -0.2) is 0 Å². The van der Waals surface area contributed by atoms with E-state index >= 15 is 0 Å². The zero-order valence-electron chi connectivity index (χ0n) is 11.3. The molecule has 1 heterocycles. The lowest BCUT2D eigenvalue weighted by molar-refractivity contribution is 0.102. The Bertz CT molecular complexity index is 811. The van der Waals surface area contributed by atoms with Crippen molar-refractivity contribution in [2.75, 3.05) is 12.4 Å². The van der Waals surface area contributed by atoms with Gasteiger partial charge in [0, 0.05) is 33.9 Å². The van der Waals surface area contributed by atoms with Gasteiger partial charge in [-0.05, 0) is 24.3 Å². The number of carbonyl (C=O) groups excluding carboxylic acids is 1. The summed E-state index contributed by atoms with van der Waals surface area (Å²) in [6.45, 7) is 0. The van der Waals surface area contributed by atoms with Gasteiger partial charge in [0.1, 0.15) is 5.75 Å². The Morgan fingerprint density at radius 3 is 2.90 bits per heavy atom. The van der Waals surface area contributed by atoms with Gasteiger partial charge in [-0.15, -0.1) is 0 Å². The van der Waals surface area contributed by atoms with Crippen molar-refractivity contribution in [1.29, 1.82) is 0 Å². The second kappa shape index (κ2) is 5.50. The predicted octanol–water partition coefficient (Wildman–Crippen LogP) is 4.08. The molecule has 0 aliphatic heterocycles. The van der Waals surface area contributed by atoms with Gasteiger partial charge < -0.3 is 15.0 Å². The second-order valence-corrected chi connectivity index (χ2v) is 5.01. The summed E-state index contributed by atoms with van der Waals surface area (Å²) >= 11 is 5.94. The summed E-state index contributed by atoms with van der Waals surface area (Å²) in [5.74, 6) is 0.510. The Labute approximate surface area is 126 Å². The van der Waals surface area contributed by atoms with Crippen molar-refractivity contribution in [2.45, 2.75) is 0 Å². The van der Waals surface area contributed by atoms with Crippen LogP contribution in [0.4, 0.5) is 5.69 Å². The highest BCUT2D eigenvalue weighted by Crippen LogP contribution is 2.23. The third-order valence-electron chi connectivity index (χ3n) is 3.22. The molecule has 4 nitrogen and oxygen atoms in total. The van der Waals surface area contributed by atoms with Crippen LogP contribution in [0.3, 0.4) is 0 Å². The predicted molar refractivity (Wildman–Crippen MR) is 84.3 cm³/mol. The Morgan fingerprint density at radius 1 is 1.24 bits per heavy atom. The van der Waals surface area contributed by atoms with Crippen LogP contribution >= 0.6 is 11.6 Å². The van der Waals surface area contributed by atoms with Crippen LogP contribution in [0.5, 0.6) is 5.75 Å². The highest BCUT2D eigenvalue weighted by Gasteiger charge is 2.12. The molecule has 0 spiro atoms. The summed E-state index contributed by atoms with van der Waals surface area (Å²) in [7, 11) is 1.59. The standard InChI is InChI=1S/C16H13ClN2O2/c1-21-12-4-2-3-11(8-12)19-16(20)14-9-18-15-7-10(17)5-6-13(14)15/h2-9,18H,1H3,(H,19,20). The van der Waals surface area contributed by atoms with Crippen LogP contribution in [0, 0.1) is 0 Å². The van der Waals surface area contributed by atoms with Gasteiger partial charge in [-0.3, -0.25) is 4.79 Å². The number of hydrogen-bond donors (Lipinski definition) is 2. The molecule has 2 aromatic carbocycles. The summed E-state index contributed by atoms with van der Waals surface area (Å²) in [6, 6.07) is 12.6. The van der Waals surface area contributed by atoms with Crippen LogP contribution < -0.4 is 10.1 Å². The highest BCUT2D eigenvalue weighted by molar-refractivity contribution is 6.31. The van der Waals surface area contributed by atoms with Gasteiger partial charge in [0.05, 0.1) is 12.7 Å². The number of halogens is 1. The van der Waals surface area contributed by atoms with Crippen LogP contribution in [-0.4, -0.2) is 18.0 Å². The summed E-state index contributed by atoms with van der Waals surface area (Å²) < 4.78 is 5.14. The highest BCUT2D eigenvalue weighted by atomic mass is 35.5. The Kier molecular flexibility index (Phi) is 3.54. The van der Waals surface area contributed by atoms with Crippen LogP contribution in [-0.2, 0) is 0 Å². The zero-order chi connectivity index (χ0) is 14.8. The summed E-state index contributed by atoms with van der Waals surface area (Å²) in [5.41, 5.74) is 2.09. The van der Waals surface area contributed by atoms with E-state index < -0.39 is 0 Å². The third-order valence-corrected chi connectivity index (χ3v) is 3.45.